The SMILES string of the molecule is CCC(=O)NC[C@H]1CN(c2cc(F)c(N3CCON(C(=O)NC4CC4)CC3)c(F)c2)C(=O)O1. The third-order valence-electron chi connectivity index (χ3n) is 5.66. The van der Waals surface area contributed by atoms with Gasteiger partial charge in [-0.3, -0.25) is 14.5 Å². The molecular formula is C21H27F2N5O5. The van der Waals surface area contributed by atoms with Crippen molar-refractivity contribution in [1.82, 2.24) is 15.7 Å². The molecule has 33 heavy (non-hydrogen) atoms. The molecule has 0 spiro atoms. The minimum atomic E-state index is -0.837. The lowest BCUT2D eigenvalue weighted by atomic mass is 10.2. The zero-order chi connectivity index (χ0) is 23.5. The van der Waals surface area contributed by atoms with E-state index < -0.39 is 23.8 Å². The van der Waals surface area contributed by atoms with Crippen molar-refractivity contribution in [2.24, 2.45) is 0 Å². The molecule has 0 aromatic heterocycles. The molecule has 1 aromatic rings. The third kappa shape index (κ3) is 5.44. The van der Waals surface area contributed by atoms with Gasteiger partial charge in [-0.2, -0.15) is 0 Å². The van der Waals surface area contributed by atoms with Crippen LogP contribution in [0.3, 0.4) is 0 Å². The van der Waals surface area contributed by atoms with Crippen molar-refractivity contribution in [2.45, 2.75) is 38.3 Å². The summed E-state index contributed by atoms with van der Waals surface area (Å²) in [5.74, 6) is -1.86. The number of urea groups is 1. The molecule has 10 nitrogen and oxygen atoms in total. The fourth-order valence-electron chi connectivity index (χ4n) is 3.71. The number of amides is 4. The van der Waals surface area contributed by atoms with Crippen LogP contribution in [0.4, 0.5) is 29.7 Å². The van der Waals surface area contributed by atoms with E-state index in [1.807, 2.05) is 0 Å². The van der Waals surface area contributed by atoms with Gasteiger partial charge in [-0.15, -0.1) is 0 Å². The molecule has 2 heterocycles. The summed E-state index contributed by atoms with van der Waals surface area (Å²) in [4.78, 5) is 43.8. The molecule has 3 fully saturated rings. The van der Waals surface area contributed by atoms with Crippen molar-refractivity contribution < 1.29 is 32.7 Å². The van der Waals surface area contributed by atoms with E-state index in [0.717, 1.165) is 29.9 Å². The van der Waals surface area contributed by atoms with Crippen LogP contribution in [0, 0.1) is 11.6 Å². The lowest BCUT2D eigenvalue weighted by Gasteiger charge is -2.24. The summed E-state index contributed by atoms with van der Waals surface area (Å²) >= 11 is 0. The van der Waals surface area contributed by atoms with Crippen LogP contribution in [0.5, 0.6) is 0 Å². The second kappa shape index (κ2) is 9.77. The third-order valence-corrected chi connectivity index (χ3v) is 5.66. The van der Waals surface area contributed by atoms with E-state index in [4.69, 9.17) is 9.57 Å². The Labute approximate surface area is 189 Å². The Morgan fingerprint density at radius 2 is 1.88 bits per heavy atom. The van der Waals surface area contributed by atoms with Gasteiger partial charge < -0.3 is 20.3 Å². The number of carbonyl (C=O) groups is 3. The maximum atomic E-state index is 15.0. The zero-order valence-electron chi connectivity index (χ0n) is 18.3. The predicted octanol–water partition coefficient (Wildman–Crippen LogP) is 1.74. The summed E-state index contributed by atoms with van der Waals surface area (Å²) in [6.07, 6.45) is 0.819. The predicted molar refractivity (Wildman–Crippen MR) is 114 cm³/mol. The van der Waals surface area contributed by atoms with Gasteiger partial charge in [0.25, 0.3) is 0 Å². The van der Waals surface area contributed by atoms with Crippen LogP contribution in [0.15, 0.2) is 12.1 Å². The Morgan fingerprint density at radius 3 is 2.55 bits per heavy atom. The molecule has 4 amide bonds. The first-order chi connectivity index (χ1) is 15.9. The van der Waals surface area contributed by atoms with Crippen LogP contribution in [-0.2, 0) is 14.4 Å². The number of hydrogen-bond donors (Lipinski definition) is 2. The van der Waals surface area contributed by atoms with Crippen LogP contribution in [0.1, 0.15) is 26.2 Å². The standard InChI is InChI=1S/C21H27F2N5O5/c1-2-18(29)24-11-15-12-27(21(31)33-15)14-9-16(22)19(17(23)10-14)26-5-6-28(32-8-7-26)20(30)25-13-3-4-13/h9-10,13,15H,2-8,11-12H2,1H3,(H,24,29)(H,25,30)/t15-/m0/s1. The lowest BCUT2D eigenvalue weighted by molar-refractivity contribution is -0.121. The van der Waals surface area contributed by atoms with Crippen LogP contribution >= 0.6 is 0 Å². The second-order valence-electron chi connectivity index (χ2n) is 8.18. The highest BCUT2D eigenvalue weighted by Gasteiger charge is 2.34. The van der Waals surface area contributed by atoms with E-state index in [1.54, 1.807) is 6.92 Å². The molecule has 1 aromatic carbocycles. The molecule has 1 atom stereocenters. The zero-order valence-corrected chi connectivity index (χ0v) is 18.3. The Balaban J connectivity index is 1.41. The summed E-state index contributed by atoms with van der Waals surface area (Å²) in [5.41, 5.74) is -0.217. The van der Waals surface area contributed by atoms with Crippen LogP contribution in [0.25, 0.3) is 0 Å². The van der Waals surface area contributed by atoms with Crippen molar-refractivity contribution in [2.75, 3.05) is 49.1 Å². The number of ether oxygens (including phenoxy) is 1. The van der Waals surface area contributed by atoms with Crippen molar-refractivity contribution in [3.05, 3.63) is 23.8 Å². The number of hydroxylamine groups is 2. The topological polar surface area (TPSA) is 103 Å². The first kappa shape index (κ1) is 23.0. The Hall–Kier alpha value is -3.15. The number of benzene rings is 1. The number of halogens is 2. The molecule has 2 saturated heterocycles. The summed E-state index contributed by atoms with van der Waals surface area (Å²) in [6.45, 7) is 2.47. The molecule has 2 aliphatic heterocycles. The molecule has 2 N–H and O–H groups in total. The number of cyclic esters (lactones) is 1. The molecule has 3 aliphatic rings. The van der Waals surface area contributed by atoms with E-state index in [9.17, 15) is 23.2 Å². The van der Waals surface area contributed by atoms with Gasteiger partial charge in [-0.1, -0.05) is 6.92 Å². The fraction of sp³-hybridized carbons (Fsp3) is 0.571. The quantitative estimate of drug-likeness (QED) is 0.661. The molecule has 4 rings (SSSR count). The van der Waals surface area contributed by atoms with E-state index >= 15 is 0 Å². The summed E-state index contributed by atoms with van der Waals surface area (Å²) < 4.78 is 35.2. The van der Waals surface area contributed by atoms with Gasteiger partial charge in [0.15, 0.2) is 11.6 Å². The van der Waals surface area contributed by atoms with Gasteiger partial charge in [-0.25, -0.2) is 23.4 Å². The Morgan fingerprint density at radius 1 is 1.15 bits per heavy atom. The largest absolute Gasteiger partial charge is 0.442 e. The lowest BCUT2D eigenvalue weighted by Crippen LogP contribution is -2.42. The number of nitrogens with one attached hydrogen (secondary N) is 2. The smallest absolute Gasteiger partial charge is 0.414 e. The molecule has 1 aliphatic carbocycles. The van der Waals surface area contributed by atoms with E-state index in [0.29, 0.717) is 6.42 Å². The fourth-order valence-corrected chi connectivity index (χ4v) is 3.71. The Bertz CT molecular complexity index is 905. The highest BCUT2D eigenvalue weighted by Crippen LogP contribution is 2.31. The van der Waals surface area contributed by atoms with E-state index in [2.05, 4.69) is 10.6 Å². The highest BCUT2D eigenvalue weighted by atomic mass is 19.1. The highest BCUT2D eigenvalue weighted by molar-refractivity contribution is 5.90. The number of nitrogens with zero attached hydrogens (tertiary/aromatic N) is 3. The number of carbonyl (C=O) groups excluding carboxylic acids is 3. The molecular weight excluding hydrogens is 440 g/mol. The first-order valence-electron chi connectivity index (χ1n) is 11.1. The van der Waals surface area contributed by atoms with Gasteiger partial charge >= 0.3 is 12.1 Å². The Kier molecular flexibility index (Phi) is 6.82. The maximum Gasteiger partial charge on any atom is 0.414 e. The minimum Gasteiger partial charge on any atom is -0.442 e. The van der Waals surface area contributed by atoms with E-state index in [1.165, 1.54) is 9.96 Å². The summed E-state index contributed by atoms with van der Waals surface area (Å²) in [5, 5.41) is 6.63. The average Bonchev–Trinajstić information content (AvgIpc) is 3.55. The molecule has 0 radical (unpaired) electrons. The maximum absolute atomic E-state index is 15.0. The molecule has 0 unspecified atom stereocenters. The van der Waals surface area contributed by atoms with Crippen LogP contribution in [-0.4, -0.2) is 74.6 Å². The summed E-state index contributed by atoms with van der Waals surface area (Å²) in [6, 6.07) is 1.97. The summed E-state index contributed by atoms with van der Waals surface area (Å²) in [7, 11) is 0. The van der Waals surface area contributed by atoms with Gasteiger partial charge in [0.1, 0.15) is 11.8 Å². The number of anilines is 2. The normalized spacial score (nSPS) is 21.0. The van der Waals surface area contributed by atoms with Crippen LogP contribution in [0.2, 0.25) is 0 Å². The van der Waals surface area contributed by atoms with Crippen LogP contribution < -0.4 is 20.4 Å². The van der Waals surface area contributed by atoms with Crippen molar-refractivity contribution in [3.63, 3.8) is 0 Å². The molecule has 12 heteroatoms. The first-order valence-corrected chi connectivity index (χ1v) is 11.1. The monoisotopic (exact) mass is 467 g/mol. The van der Waals surface area contributed by atoms with Crippen molar-refractivity contribution >= 4 is 29.4 Å². The molecule has 180 valence electrons. The number of hydrogen-bond acceptors (Lipinski definition) is 6. The molecule has 1 saturated carbocycles. The van der Waals surface area contributed by atoms with Gasteiger partial charge in [0, 0.05) is 37.7 Å². The number of rotatable bonds is 6. The van der Waals surface area contributed by atoms with Gasteiger partial charge in [0.2, 0.25) is 5.91 Å². The van der Waals surface area contributed by atoms with Crippen molar-refractivity contribution in [1.29, 1.82) is 0 Å². The second-order valence-corrected chi connectivity index (χ2v) is 8.18. The van der Waals surface area contributed by atoms with E-state index in [-0.39, 0.29) is 68.7 Å². The minimum absolute atomic E-state index is 0.0274. The molecule has 0 bridgehead atoms. The van der Waals surface area contributed by atoms with Gasteiger partial charge in [0.05, 0.1) is 31.9 Å². The van der Waals surface area contributed by atoms with Gasteiger partial charge in [-0.05, 0) is 12.8 Å². The van der Waals surface area contributed by atoms with Crippen molar-refractivity contribution in [3.8, 4) is 0 Å². The average molecular weight is 467 g/mol.